The zero-order valence-corrected chi connectivity index (χ0v) is 12.4. The molecule has 4 nitrogen and oxygen atoms in total. The lowest BCUT2D eigenvalue weighted by Crippen LogP contribution is -2.35. The summed E-state index contributed by atoms with van der Waals surface area (Å²) >= 11 is 0. The summed E-state index contributed by atoms with van der Waals surface area (Å²) in [5.41, 5.74) is 0.568. The van der Waals surface area contributed by atoms with Crippen molar-refractivity contribution in [3.8, 4) is 0 Å². The van der Waals surface area contributed by atoms with Gasteiger partial charge in [-0.2, -0.15) is 0 Å². The van der Waals surface area contributed by atoms with E-state index in [1.165, 1.54) is 0 Å². The van der Waals surface area contributed by atoms with Gasteiger partial charge in [0.15, 0.2) is 0 Å². The molecule has 0 aliphatic carbocycles. The first-order valence-electron chi connectivity index (χ1n) is 6.66. The Labute approximate surface area is 112 Å². The zero-order chi connectivity index (χ0) is 14.0. The van der Waals surface area contributed by atoms with E-state index in [0.29, 0.717) is 18.9 Å². The molecule has 0 unspecified atom stereocenters. The van der Waals surface area contributed by atoms with Gasteiger partial charge in [-0.15, -0.1) is 0 Å². The minimum Gasteiger partial charge on any atom is -0.361 e. The van der Waals surface area contributed by atoms with Gasteiger partial charge in [-0.05, 0) is 40.4 Å². The van der Waals surface area contributed by atoms with Crippen molar-refractivity contribution in [1.29, 1.82) is 0 Å². The first-order chi connectivity index (χ1) is 8.49. The Morgan fingerprint density at radius 3 is 2.39 bits per heavy atom. The van der Waals surface area contributed by atoms with Gasteiger partial charge in [-0.3, -0.25) is 4.79 Å². The highest BCUT2D eigenvalue weighted by atomic mass is 16.5. The van der Waals surface area contributed by atoms with Crippen molar-refractivity contribution in [3.05, 3.63) is 12.2 Å². The summed E-state index contributed by atoms with van der Waals surface area (Å²) < 4.78 is 5.52. The van der Waals surface area contributed by atoms with E-state index in [0.717, 1.165) is 32.4 Å². The third-order valence-electron chi connectivity index (χ3n) is 2.58. The number of hydrogen-bond acceptors (Lipinski definition) is 3. The third kappa shape index (κ3) is 8.25. The molecule has 0 fully saturated rings. The summed E-state index contributed by atoms with van der Waals surface area (Å²) in [7, 11) is 4.06. The summed E-state index contributed by atoms with van der Waals surface area (Å²) in [5, 5.41) is 0. The van der Waals surface area contributed by atoms with Crippen molar-refractivity contribution in [2.45, 2.75) is 33.1 Å². The molecule has 0 aromatic heterocycles. The quantitative estimate of drug-likeness (QED) is 0.341. The van der Waals surface area contributed by atoms with E-state index in [2.05, 4.69) is 18.4 Å². The molecule has 0 aliphatic rings. The van der Waals surface area contributed by atoms with Crippen LogP contribution >= 0.6 is 0 Å². The Morgan fingerprint density at radius 1 is 1.22 bits per heavy atom. The Bertz CT molecular complexity index is 252. The zero-order valence-electron chi connectivity index (χ0n) is 12.4. The predicted molar refractivity (Wildman–Crippen MR) is 75.4 cm³/mol. The molecule has 0 bridgehead atoms. The fourth-order valence-corrected chi connectivity index (χ4v) is 1.49. The number of rotatable bonds is 10. The highest BCUT2D eigenvalue weighted by molar-refractivity contribution is 5.92. The van der Waals surface area contributed by atoms with Crippen molar-refractivity contribution >= 4 is 5.91 Å². The van der Waals surface area contributed by atoms with Crippen LogP contribution in [0.3, 0.4) is 0 Å². The number of carbonyl (C=O) groups excluding carboxylic acids is 1. The first kappa shape index (κ1) is 17.1. The summed E-state index contributed by atoms with van der Waals surface area (Å²) in [6.45, 7) is 10.3. The van der Waals surface area contributed by atoms with Gasteiger partial charge in [0.25, 0.3) is 5.91 Å². The first-order valence-corrected chi connectivity index (χ1v) is 6.66. The van der Waals surface area contributed by atoms with Crippen molar-refractivity contribution in [2.24, 2.45) is 0 Å². The van der Waals surface area contributed by atoms with E-state index in [1.807, 2.05) is 14.1 Å². The van der Waals surface area contributed by atoms with Crippen molar-refractivity contribution in [3.63, 3.8) is 0 Å². The van der Waals surface area contributed by atoms with Gasteiger partial charge < -0.3 is 14.5 Å². The lowest BCUT2D eigenvalue weighted by atomic mass is 10.3. The van der Waals surface area contributed by atoms with Crippen LogP contribution in [0.1, 0.15) is 33.1 Å². The summed E-state index contributed by atoms with van der Waals surface area (Å²) in [5.74, 6) is -0.00902. The van der Waals surface area contributed by atoms with E-state index in [9.17, 15) is 4.79 Å². The van der Waals surface area contributed by atoms with E-state index in [-0.39, 0.29) is 5.91 Å². The van der Waals surface area contributed by atoms with Crippen LogP contribution in [0.15, 0.2) is 12.2 Å². The maximum atomic E-state index is 11.9. The molecule has 0 rings (SSSR count). The number of hydrogen-bond donors (Lipinski definition) is 0. The summed E-state index contributed by atoms with van der Waals surface area (Å²) in [6.07, 6.45) is 3.09. The molecule has 0 radical (unpaired) electrons. The van der Waals surface area contributed by atoms with Crippen LogP contribution in [0, 0.1) is 0 Å². The van der Waals surface area contributed by atoms with Crippen molar-refractivity contribution < 1.29 is 9.53 Å². The third-order valence-corrected chi connectivity index (χ3v) is 2.58. The van der Waals surface area contributed by atoms with Crippen LogP contribution < -0.4 is 0 Å². The van der Waals surface area contributed by atoms with Crippen LogP contribution in [0.2, 0.25) is 0 Å². The van der Waals surface area contributed by atoms with Crippen LogP contribution in [0.25, 0.3) is 0 Å². The van der Waals surface area contributed by atoms with Crippen LogP contribution in [0.4, 0.5) is 0 Å². The maximum Gasteiger partial charge on any atom is 0.250 e. The second-order valence-corrected chi connectivity index (χ2v) is 4.90. The second-order valence-electron chi connectivity index (χ2n) is 4.90. The van der Waals surface area contributed by atoms with Crippen LogP contribution in [-0.4, -0.2) is 56.2 Å². The fraction of sp³-hybridized carbons (Fsp3) is 0.786. The molecule has 0 N–H and O–H groups in total. The predicted octanol–water partition coefficient (Wildman–Crippen LogP) is 2.12. The Hall–Kier alpha value is -0.870. The van der Waals surface area contributed by atoms with Gasteiger partial charge in [0, 0.05) is 18.7 Å². The van der Waals surface area contributed by atoms with E-state index < -0.39 is 0 Å². The average molecular weight is 256 g/mol. The molecule has 0 spiro atoms. The maximum absolute atomic E-state index is 11.9. The fourth-order valence-electron chi connectivity index (χ4n) is 1.49. The van der Waals surface area contributed by atoms with Gasteiger partial charge in [0.2, 0.25) is 0 Å². The number of amides is 1. The lowest BCUT2D eigenvalue weighted by Gasteiger charge is -2.23. The highest BCUT2D eigenvalue weighted by Gasteiger charge is 2.13. The number of unbranched alkanes of at least 4 members (excludes halogenated alkanes) is 1. The molecular weight excluding hydrogens is 228 g/mol. The van der Waals surface area contributed by atoms with Gasteiger partial charge in [0.05, 0.1) is 0 Å². The molecule has 0 saturated carbocycles. The summed E-state index contributed by atoms with van der Waals surface area (Å²) in [4.78, 5) is 15.8. The largest absolute Gasteiger partial charge is 0.361 e. The minimum absolute atomic E-state index is 0.00902. The SMILES string of the molecule is C=C(C)C(=O)N(CCCN(C)C)COCCCC. The number of nitrogens with zero attached hydrogens (tertiary/aromatic N) is 2. The van der Waals surface area contributed by atoms with Crippen molar-refractivity contribution in [1.82, 2.24) is 9.80 Å². The van der Waals surface area contributed by atoms with E-state index >= 15 is 0 Å². The monoisotopic (exact) mass is 256 g/mol. The lowest BCUT2D eigenvalue weighted by molar-refractivity contribution is -0.132. The normalized spacial score (nSPS) is 10.7. The second kappa shape index (κ2) is 10.1. The van der Waals surface area contributed by atoms with Gasteiger partial charge in [-0.1, -0.05) is 19.9 Å². The Morgan fingerprint density at radius 2 is 1.89 bits per heavy atom. The Kier molecular flexibility index (Phi) is 9.60. The number of carbonyl (C=O) groups is 1. The van der Waals surface area contributed by atoms with Gasteiger partial charge in [0.1, 0.15) is 6.73 Å². The molecule has 1 amide bonds. The Balaban J connectivity index is 4.08. The van der Waals surface area contributed by atoms with Gasteiger partial charge >= 0.3 is 0 Å². The van der Waals surface area contributed by atoms with Crippen LogP contribution in [-0.2, 0) is 9.53 Å². The summed E-state index contributed by atoms with van der Waals surface area (Å²) in [6, 6.07) is 0. The molecule has 0 aromatic rings. The molecule has 18 heavy (non-hydrogen) atoms. The van der Waals surface area contributed by atoms with Crippen LogP contribution in [0.5, 0.6) is 0 Å². The molecule has 0 atom stereocenters. The highest BCUT2D eigenvalue weighted by Crippen LogP contribution is 2.02. The van der Waals surface area contributed by atoms with Crippen molar-refractivity contribution in [2.75, 3.05) is 40.5 Å². The number of ether oxygens (including phenoxy) is 1. The molecule has 4 heteroatoms. The molecular formula is C14H28N2O2. The molecule has 0 aromatic carbocycles. The topological polar surface area (TPSA) is 32.8 Å². The molecule has 0 aliphatic heterocycles. The molecule has 0 heterocycles. The average Bonchev–Trinajstić information content (AvgIpc) is 2.30. The molecule has 106 valence electrons. The van der Waals surface area contributed by atoms with E-state index in [4.69, 9.17) is 4.74 Å². The smallest absolute Gasteiger partial charge is 0.250 e. The molecule has 0 saturated heterocycles. The van der Waals surface area contributed by atoms with Gasteiger partial charge in [-0.25, -0.2) is 0 Å². The standard InChI is InChI=1S/C14H28N2O2/c1-6-7-11-18-12-16(14(17)13(2)3)10-8-9-15(4)5/h2,6-12H2,1,3-5H3. The van der Waals surface area contributed by atoms with E-state index in [1.54, 1.807) is 11.8 Å². The minimum atomic E-state index is -0.00902.